The molecule has 0 atom stereocenters. The summed E-state index contributed by atoms with van der Waals surface area (Å²) in [6.45, 7) is 0.717. The van der Waals surface area contributed by atoms with Crippen LogP contribution in [0.2, 0.25) is 0 Å². The Labute approximate surface area is 153 Å². The summed E-state index contributed by atoms with van der Waals surface area (Å²) in [6.07, 6.45) is 5.08. The highest BCUT2D eigenvalue weighted by Gasteiger charge is 2.09. The Morgan fingerprint density at radius 2 is 2.00 bits per heavy atom. The van der Waals surface area contributed by atoms with Gasteiger partial charge in [-0.2, -0.15) is 0 Å². The average Bonchev–Trinajstić information content (AvgIpc) is 3.28. The highest BCUT2D eigenvalue weighted by atomic mass is 79.9. The molecule has 0 saturated heterocycles. The van der Waals surface area contributed by atoms with Gasteiger partial charge in [0.1, 0.15) is 17.1 Å². The maximum absolute atomic E-state index is 5.38. The van der Waals surface area contributed by atoms with Crippen molar-refractivity contribution < 1.29 is 4.42 Å². The summed E-state index contributed by atoms with van der Waals surface area (Å²) in [5.41, 5.74) is 3.83. The first-order valence-electron chi connectivity index (χ1n) is 8.13. The Bertz CT molecular complexity index is 978. The summed E-state index contributed by atoms with van der Waals surface area (Å²) in [5.74, 6) is 1.87. The Morgan fingerprint density at radius 3 is 2.84 bits per heavy atom. The van der Waals surface area contributed by atoms with Gasteiger partial charge in [0.2, 0.25) is 0 Å². The van der Waals surface area contributed by atoms with Crippen LogP contribution in [0.1, 0.15) is 17.1 Å². The fourth-order valence-corrected chi connectivity index (χ4v) is 3.17. The Balaban J connectivity index is 1.52. The van der Waals surface area contributed by atoms with Gasteiger partial charge < -0.3 is 14.7 Å². The number of imidazole rings is 1. The van der Waals surface area contributed by atoms with Crippen LogP contribution in [-0.2, 0) is 19.4 Å². The van der Waals surface area contributed by atoms with Crippen molar-refractivity contribution >= 4 is 32.8 Å². The van der Waals surface area contributed by atoms with Gasteiger partial charge in [0.15, 0.2) is 5.65 Å². The number of benzene rings is 1. The summed E-state index contributed by atoms with van der Waals surface area (Å²) >= 11 is 3.58. The van der Waals surface area contributed by atoms with Crippen LogP contribution in [0, 0.1) is 0 Å². The standard InChI is InChI=1S/C19H17BrN4O/c20-15-6-2-1-4-13(15)12-22-16-9-10-21-19-18(16)23-17(24-19)8-7-14-5-3-11-25-14/h1-6,9-11H,7-8,12H2,(H2,21,22,23,24). The van der Waals surface area contributed by atoms with Crippen LogP contribution in [0.25, 0.3) is 11.2 Å². The van der Waals surface area contributed by atoms with E-state index < -0.39 is 0 Å². The molecule has 0 aliphatic rings. The number of aromatic amines is 1. The van der Waals surface area contributed by atoms with Crippen molar-refractivity contribution in [3.63, 3.8) is 0 Å². The van der Waals surface area contributed by atoms with E-state index in [1.165, 1.54) is 5.56 Å². The molecule has 0 spiro atoms. The highest BCUT2D eigenvalue weighted by Crippen LogP contribution is 2.22. The van der Waals surface area contributed by atoms with Crippen molar-refractivity contribution in [2.24, 2.45) is 0 Å². The van der Waals surface area contributed by atoms with E-state index in [4.69, 9.17) is 9.40 Å². The van der Waals surface area contributed by atoms with Crippen molar-refractivity contribution in [3.8, 4) is 0 Å². The topological polar surface area (TPSA) is 66.7 Å². The summed E-state index contributed by atoms with van der Waals surface area (Å²) in [6, 6.07) is 14.0. The molecule has 0 radical (unpaired) electrons. The molecule has 4 rings (SSSR count). The molecule has 0 bridgehead atoms. The number of aryl methyl sites for hydroxylation is 2. The van der Waals surface area contributed by atoms with Gasteiger partial charge in [0.05, 0.1) is 12.0 Å². The molecule has 6 heteroatoms. The molecule has 0 saturated carbocycles. The smallest absolute Gasteiger partial charge is 0.159 e. The van der Waals surface area contributed by atoms with Gasteiger partial charge in [-0.15, -0.1) is 0 Å². The molecule has 25 heavy (non-hydrogen) atoms. The first kappa shape index (κ1) is 15.9. The number of H-pyrrole nitrogens is 1. The zero-order valence-corrected chi connectivity index (χ0v) is 15.1. The second-order valence-corrected chi connectivity index (χ2v) is 6.62. The number of nitrogens with zero attached hydrogens (tertiary/aromatic N) is 2. The van der Waals surface area contributed by atoms with E-state index in [2.05, 4.69) is 37.3 Å². The molecule has 3 aromatic heterocycles. The molecule has 2 N–H and O–H groups in total. The molecule has 1 aromatic carbocycles. The van der Waals surface area contributed by atoms with E-state index in [-0.39, 0.29) is 0 Å². The number of hydrogen-bond donors (Lipinski definition) is 2. The molecule has 0 amide bonds. The predicted molar refractivity (Wildman–Crippen MR) is 101 cm³/mol. The maximum atomic E-state index is 5.38. The zero-order chi connectivity index (χ0) is 17.1. The van der Waals surface area contributed by atoms with Crippen LogP contribution in [0.15, 0.2) is 63.8 Å². The number of hydrogen-bond acceptors (Lipinski definition) is 4. The van der Waals surface area contributed by atoms with E-state index in [1.54, 1.807) is 12.5 Å². The van der Waals surface area contributed by atoms with Gasteiger partial charge in [0, 0.05) is 30.1 Å². The third kappa shape index (κ3) is 3.58. The third-order valence-electron chi connectivity index (χ3n) is 4.05. The molecule has 3 heterocycles. The maximum Gasteiger partial charge on any atom is 0.159 e. The molecular weight excluding hydrogens is 380 g/mol. The van der Waals surface area contributed by atoms with Gasteiger partial charge in [0.25, 0.3) is 0 Å². The molecule has 4 aromatic rings. The first-order chi connectivity index (χ1) is 12.3. The van der Waals surface area contributed by atoms with Crippen molar-refractivity contribution in [1.29, 1.82) is 0 Å². The quantitative estimate of drug-likeness (QED) is 0.495. The predicted octanol–water partition coefficient (Wildman–Crippen LogP) is 4.71. The number of halogens is 1. The zero-order valence-electron chi connectivity index (χ0n) is 13.5. The normalized spacial score (nSPS) is 11.1. The molecule has 5 nitrogen and oxygen atoms in total. The van der Waals surface area contributed by atoms with Crippen molar-refractivity contribution in [2.75, 3.05) is 5.32 Å². The van der Waals surface area contributed by atoms with Gasteiger partial charge in [-0.3, -0.25) is 0 Å². The largest absolute Gasteiger partial charge is 0.469 e. The molecule has 0 aliphatic carbocycles. The van der Waals surface area contributed by atoms with Crippen LogP contribution in [0.4, 0.5) is 5.69 Å². The highest BCUT2D eigenvalue weighted by molar-refractivity contribution is 9.10. The van der Waals surface area contributed by atoms with Crippen LogP contribution in [0.3, 0.4) is 0 Å². The monoisotopic (exact) mass is 396 g/mol. The molecule has 126 valence electrons. The number of pyridine rings is 1. The second-order valence-electron chi connectivity index (χ2n) is 5.76. The van der Waals surface area contributed by atoms with Gasteiger partial charge in [-0.1, -0.05) is 34.1 Å². The minimum Gasteiger partial charge on any atom is -0.469 e. The lowest BCUT2D eigenvalue weighted by molar-refractivity contribution is 0.507. The number of aromatic nitrogens is 3. The lowest BCUT2D eigenvalue weighted by atomic mass is 10.2. The van der Waals surface area contributed by atoms with E-state index in [0.717, 1.165) is 52.3 Å². The number of fused-ring (bicyclic) bond motifs is 1. The SMILES string of the molecule is Brc1ccccc1CNc1ccnc2[nH]c(CCc3ccco3)nc12. The van der Waals surface area contributed by atoms with Gasteiger partial charge >= 0.3 is 0 Å². The van der Waals surface area contributed by atoms with Crippen molar-refractivity contribution in [1.82, 2.24) is 15.0 Å². The number of furan rings is 1. The fourth-order valence-electron chi connectivity index (χ4n) is 2.75. The summed E-state index contributed by atoms with van der Waals surface area (Å²) < 4.78 is 6.47. The molecule has 0 aliphatic heterocycles. The minimum absolute atomic E-state index is 0.717. The van der Waals surface area contributed by atoms with Crippen molar-refractivity contribution in [3.05, 3.63) is 76.5 Å². The molecule has 0 unspecified atom stereocenters. The third-order valence-corrected chi connectivity index (χ3v) is 4.82. The lowest BCUT2D eigenvalue weighted by Gasteiger charge is -2.08. The van der Waals surface area contributed by atoms with E-state index >= 15 is 0 Å². The Kier molecular flexibility index (Phi) is 4.52. The van der Waals surface area contributed by atoms with E-state index in [1.807, 2.05) is 36.4 Å². The number of nitrogens with one attached hydrogen (secondary N) is 2. The van der Waals surface area contributed by atoms with Crippen LogP contribution >= 0.6 is 15.9 Å². The summed E-state index contributed by atoms with van der Waals surface area (Å²) in [5, 5.41) is 3.46. The Morgan fingerprint density at radius 1 is 1.08 bits per heavy atom. The number of anilines is 1. The first-order valence-corrected chi connectivity index (χ1v) is 8.92. The van der Waals surface area contributed by atoms with Crippen LogP contribution in [0.5, 0.6) is 0 Å². The van der Waals surface area contributed by atoms with Crippen LogP contribution < -0.4 is 5.32 Å². The Hall–Kier alpha value is -2.60. The fraction of sp³-hybridized carbons (Fsp3) is 0.158. The van der Waals surface area contributed by atoms with E-state index in [0.29, 0.717) is 0 Å². The van der Waals surface area contributed by atoms with Gasteiger partial charge in [-0.05, 0) is 29.8 Å². The summed E-state index contributed by atoms with van der Waals surface area (Å²) in [4.78, 5) is 12.4. The average molecular weight is 397 g/mol. The van der Waals surface area contributed by atoms with Crippen molar-refractivity contribution in [2.45, 2.75) is 19.4 Å². The summed E-state index contributed by atoms with van der Waals surface area (Å²) in [7, 11) is 0. The lowest BCUT2D eigenvalue weighted by Crippen LogP contribution is -2.01. The van der Waals surface area contributed by atoms with Crippen LogP contribution in [-0.4, -0.2) is 15.0 Å². The van der Waals surface area contributed by atoms with Gasteiger partial charge in [-0.25, -0.2) is 9.97 Å². The number of rotatable bonds is 6. The van der Waals surface area contributed by atoms with E-state index in [9.17, 15) is 0 Å². The molecule has 0 fully saturated rings. The minimum atomic E-state index is 0.717. The molecular formula is C19H17BrN4O. The second kappa shape index (κ2) is 7.11.